The molecular formula is C24H26FN3O4S. The Balaban J connectivity index is 1.54. The highest BCUT2D eigenvalue weighted by Crippen LogP contribution is 2.38. The Morgan fingerprint density at radius 2 is 2.03 bits per heavy atom. The molecule has 0 bridgehead atoms. The molecule has 0 saturated carbocycles. The lowest BCUT2D eigenvalue weighted by atomic mass is 9.95. The van der Waals surface area contributed by atoms with Crippen molar-refractivity contribution >= 4 is 28.2 Å². The van der Waals surface area contributed by atoms with Crippen LogP contribution in [0.15, 0.2) is 28.8 Å². The second-order valence-corrected chi connectivity index (χ2v) is 9.12. The lowest BCUT2D eigenvalue weighted by Crippen LogP contribution is -2.27. The Kier molecular flexibility index (Phi) is 7.20. The van der Waals surface area contributed by atoms with Gasteiger partial charge in [-0.15, -0.1) is 11.3 Å². The van der Waals surface area contributed by atoms with E-state index in [-0.39, 0.29) is 17.4 Å². The van der Waals surface area contributed by atoms with Gasteiger partial charge in [0.1, 0.15) is 10.8 Å². The lowest BCUT2D eigenvalue weighted by molar-refractivity contribution is 0.0948. The topological polar surface area (TPSA) is 93.5 Å². The fourth-order valence-electron chi connectivity index (χ4n) is 3.83. The van der Waals surface area contributed by atoms with Crippen LogP contribution in [0.2, 0.25) is 0 Å². The van der Waals surface area contributed by atoms with Gasteiger partial charge in [0.25, 0.3) is 11.8 Å². The van der Waals surface area contributed by atoms with Crippen LogP contribution in [-0.4, -0.2) is 37.2 Å². The van der Waals surface area contributed by atoms with Crippen LogP contribution in [0.5, 0.6) is 0 Å². The van der Waals surface area contributed by atoms with Crippen LogP contribution in [0, 0.1) is 12.7 Å². The van der Waals surface area contributed by atoms with Crippen molar-refractivity contribution in [2.45, 2.75) is 39.0 Å². The summed E-state index contributed by atoms with van der Waals surface area (Å²) >= 11 is 1.44. The fraction of sp³-hybridized carbons (Fsp3) is 0.375. The predicted molar refractivity (Wildman–Crippen MR) is 124 cm³/mol. The van der Waals surface area contributed by atoms with Gasteiger partial charge in [0.2, 0.25) is 0 Å². The fourth-order valence-corrected chi connectivity index (χ4v) is 5.11. The number of rotatable bonds is 8. The van der Waals surface area contributed by atoms with E-state index in [1.807, 2.05) is 0 Å². The summed E-state index contributed by atoms with van der Waals surface area (Å²) in [5.41, 5.74) is 2.62. The number of halogens is 1. The number of ether oxygens (including phenoxy) is 1. The summed E-state index contributed by atoms with van der Waals surface area (Å²) in [4.78, 5) is 27.0. The highest BCUT2D eigenvalue weighted by Gasteiger charge is 2.27. The molecule has 0 radical (unpaired) electrons. The predicted octanol–water partition coefficient (Wildman–Crippen LogP) is 4.75. The second-order valence-electron chi connectivity index (χ2n) is 8.01. The number of carbonyl (C=O) groups is 2. The molecular weight excluding hydrogens is 445 g/mol. The summed E-state index contributed by atoms with van der Waals surface area (Å²) in [5, 5.41) is 10.1. The Hall–Kier alpha value is -3.04. The van der Waals surface area contributed by atoms with Gasteiger partial charge in [-0.3, -0.25) is 9.59 Å². The third kappa shape index (κ3) is 5.15. The van der Waals surface area contributed by atoms with E-state index in [2.05, 4.69) is 15.8 Å². The highest BCUT2D eigenvalue weighted by atomic mass is 32.1. The van der Waals surface area contributed by atoms with Gasteiger partial charge in [0, 0.05) is 36.8 Å². The molecule has 1 aromatic carbocycles. The summed E-state index contributed by atoms with van der Waals surface area (Å²) in [6.45, 7) is 2.72. The zero-order valence-corrected chi connectivity index (χ0v) is 19.4. The quantitative estimate of drug-likeness (QED) is 0.463. The van der Waals surface area contributed by atoms with Crippen molar-refractivity contribution in [3.63, 3.8) is 0 Å². The maximum atomic E-state index is 13.9. The van der Waals surface area contributed by atoms with Crippen molar-refractivity contribution in [2.75, 3.05) is 25.6 Å². The number of nitrogens with one attached hydrogen (secondary N) is 2. The van der Waals surface area contributed by atoms with E-state index >= 15 is 0 Å². The molecule has 3 aromatic rings. The number of nitrogens with zero attached hydrogens (tertiary/aromatic N) is 1. The molecule has 2 heterocycles. The molecule has 2 N–H and O–H groups in total. The minimum Gasteiger partial charge on any atom is -0.385 e. The van der Waals surface area contributed by atoms with Crippen LogP contribution < -0.4 is 10.6 Å². The molecule has 2 aromatic heterocycles. The molecule has 9 heteroatoms. The van der Waals surface area contributed by atoms with Crippen molar-refractivity contribution in [2.24, 2.45) is 0 Å². The minimum absolute atomic E-state index is 0.0591. The number of anilines is 1. The smallest absolute Gasteiger partial charge is 0.278 e. The lowest BCUT2D eigenvalue weighted by Gasteiger charge is -2.13. The summed E-state index contributed by atoms with van der Waals surface area (Å²) < 4.78 is 24.2. The SMILES string of the molecule is COCCCNC(=O)c1c(NC(=O)c2cc(-c3ccc(C)c(F)c3)on2)sc2c1CCCC2. The van der Waals surface area contributed by atoms with Gasteiger partial charge in [0.15, 0.2) is 11.5 Å². The molecule has 0 atom stereocenters. The van der Waals surface area contributed by atoms with E-state index in [9.17, 15) is 14.0 Å². The molecule has 0 fully saturated rings. The van der Waals surface area contributed by atoms with Crippen LogP contribution in [-0.2, 0) is 17.6 Å². The molecule has 1 aliphatic carbocycles. The molecule has 2 amide bonds. The van der Waals surface area contributed by atoms with Gasteiger partial charge in [0.05, 0.1) is 5.56 Å². The number of methoxy groups -OCH3 is 1. The minimum atomic E-state index is -0.482. The molecule has 0 spiro atoms. The normalized spacial score (nSPS) is 12.9. The number of aromatic nitrogens is 1. The van der Waals surface area contributed by atoms with Crippen molar-refractivity contribution in [1.29, 1.82) is 0 Å². The third-order valence-electron chi connectivity index (χ3n) is 5.64. The number of amides is 2. The molecule has 7 nitrogen and oxygen atoms in total. The van der Waals surface area contributed by atoms with E-state index in [0.29, 0.717) is 47.0 Å². The first kappa shape index (κ1) is 23.1. The third-order valence-corrected chi connectivity index (χ3v) is 6.84. The Bertz CT molecular complexity index is 1170. The summed E-state index contributed by atoms with van der Waals surface area (Å²) in [7, 11) is 1.62. The van der Waals surface area contributed by atoms with E-state index in [0.717, 1.165) is 36.1 Å². The van der Waals surface area contributed by atoms with Gasteiger partial charge in [-0.05, 0) is 56.2 Å². The summed E-state index contributed by atoms with van der Waals surface area (Å²) in [6.07, 6.45) is 4.50. The van der Waals surface area contributed by atoms with Gasteiger partial charge in [-0.2, -0.15) is 0 Å². The van der Waals surface area contributed by atoms with Gasteiger partial charge in [-0.1, -0.05) is 17.3 Å². The first-order chi connectivity index (χ1) is 16.0. The Labute approximate surface area is 195 Å². The van der Waals surface area contributed by atoms with Gasteiger partial charge >= 0.3 is 0 Å². The highest BCUT2D eigenvalue weighted by molar-refractivity contribution is 7.17. The summed E-state index contributed by atoms with van der Waals surface area (Å²) in [5.74, 6) is -0.748. The van der Waals surface area contributed by atoms with Crippen molar-refractivity contribution in [3.8, 4) is 11.3 Å². The molecule has 1 aliphatic rings. The van der Waals surface area contributed by atoms with E-state index < -0.39 is 5.91 Å². The first-order valence-corrected chi connectivity index (χ1v) is 11.8. The van der Waals surface area contributed by atoms with Crippen LogP contribution in [0.25, 0.3) is 11.3 Å². The van der Waals surface area contributed by atoms with E-state index in [1.54, 1.807) is 26.2 Å². The number of hydrogen-bond acceptors (Lipinski definition) is 6. The standard InChI is InChI=1S/C24H26FN3O4S/c1-14-8-9-15(12-17(14)25)19-13-18(28-32-19)22(29)27-24-21(23(30)26-10-5-11-31-2)16-6-3-4-7-20(16)33-24/h8-9,12-13H,3-7,10-11H2,1-2H3,(H,26,30)(H,27,29). The molecule has 0 saturated heterocycles. The van der Waals surface area contributed by atoms with Crippen molar-refractivity contribution < 1.29 is 23.2 Å². The van der Waals surface area contributed by atoms with Crippen LogP contribution in [0.1, 0.15) is 56.1 Å². The maximum absolute atomic E-state index is 13.9. The number of benzene rings is 1. The zero-order chi connectivity index (χ0) is 23.4. The number of fused-ring (bicyclic) bond motifs is 1. The van der Waals surface area contributed by atoms with Crippen molar-refractivity contribution in [1.82, 2.24) is 10.5 Å². The maximum Gasteiger partial charge on any atom is 0.278 e. The van der Waals surface area contributed by atoms with Crippen LogP contribution >= 0.6 is 11.3 Å². The van der Waals surface area contributed by atoms with E-state index in [1.165, 1.54) is 23.5 Å². The number of carbonyl (C=O) groups excluding carboxylic acids is 2. The largest absolute Gasteiger partial charge is 0.385 e. The average Bonchev–Trinajstić information content (AvgIpc) is 3.43. The first-order valence-electron chi connectivity index (χ1n) is 10.9. The molecule has 0 unspecified atom stereocenters. The van der Waals surface area contributed by atoms with E-state index in [4.69, 9.17) is 9.26 Å². The van der Waals surface area contributed by atoms with Crippen molar-refractivity contribution in [3.05, 3.63) is 57.3 Å². The van der Waals surface area contributed by atoms with Crippen LogP contribution in [0.4, 0.5) is 9.39 Å². The molecule has 174 valence electrons. The summed E-state index contributed by atoms with van der Waals surface area (Å²) in [6, 6.07) is 6.16. The van der Waals surface area contributed by atoms with Crippen LogP contribution in [0.3, 0.4) is 0 Å². The monoisotopic (exact) mass is 471 g/mol. The number of hydrogen-bond donors (Lipinski definition) is 2. The van der Waals surface area contributed by atoms with Gasteiger partial charge in [-0.25, -0.2) is 4.39 Å². The Morgan fingerprint density at radius 1 is 1.21 bits per heavy atom. The average molecular weight is 472 g/mol. The zero-order valence-electron chi connectivity index (χ0n) is 18.6. The van der Waals surface area contributed by atoms with Gasteiger partial charge < -0.3 is 19.9 Å². The molecule has 4 rings (SSSR count). The number of aryl methyl sites for hydroxylation is 2. The number of thiophene rings is 1. The molecule has 0 aliphatic heterocycles. The second kappa shape index (κ2) is 10.3. The Morgan fingerprint density at radius 3 is 2.82 bits per heavy atom. The molecule has 33 heavy (non-hydrogen) atoms.